The third-order valence-electron chi connectivity index (χ3n) is 5.78. The highest BCUT2D eigenvalue weighted by Crippen LogP contribution is 2.30. The molecule has 34 heavy (non-hydrogen) atoms. The molecule has 0 aromatic carbocycles. The average molecular weight is 501 g/mol. The monoisotopic (exact) mass is 501 g/mol. The molecule has 15 nitrogen and oxygen atoms in total. The van der Waals surface area contributed by atoms with Crippen molar-refractivity contribution in [2.75, 3.05) is 19.8 Å². The second-order valence-electron chi connectivity index (χ2n) is 8.32. The maximum atomic E-state index is 11.6. The van der Waals surface area contributed by atoms with Crippen LogP contribution in [0.5, 0.6) is 0 Å². The van der Waals surface area contributed by atoms with Crippen LogP contribution in [0.3, 0.4) is 0 Å². The second kappa shape index (κ2) is 12.8. The maximum absolute atomic E-state index is 11.6. The van der Waals surface area contributed by atoms with Gasteiger partial charge in [0.15, 0.2) is 12.6 Å². The first-order chi connectivity index (χ1) is 16.0. The lowest BCUT2D eigenvalue weighted by Crippen LogP contribution is -2.67. The largest absolute Gasteiger partial charge is 0.394 e. The first-order valence-corrected chi connectivity index (χ1v) is 10.8. The second-order valence-corrected chi connectivity index (χ2v) is 8.32. The van der Waals surface area contributed by atoms with Crippen LogP contribution >= 0.6 is 0 Å². The number of aliphatic hydroxyl groups excluding tert-OH is 9. The van der Waals surface area contributed by atoms with E-state index in [4.69, 9.17) is 24.1 Å². The maximum Gasteiger partial charge on any atom is 0.217 e. The molecule has 2 fully saturated rings. The van der Waals surface area contributed by atoms with Crippen molar-refractivity contribution in [3.05, 3.63) is 0 Å². The minimum absolute atomic E-state index is 0.626. The van der Waals surface area contributed by atoms with Crippen LogP contribution in [0.1, 0.15) is 13.8 Å². The Morgan fingerprint density at radius 2 is 1.59 bits per heavy atom. The van der Waals surface area contributed by atoms with Gasteiger partial charge in [0.1, 0.15) is 61.0 Å². The normalized spacial score (nSPS) is 41.5. The van der Waals surface area contributed by atoms with Crippen LogP contribution in [0.2, 0.25) is 0 Å². The van der Waals surface area contributed by atoms with Gasteiger partial charge in [-0.1, -0.05) is 0 Å². The van der Waals surface area contributed by atoms with Crippen molar-refractivity contribution in [2.24, 2.45) is 0 Å². The Morgan fingerprint density at radius 1 is 0.941 bits per heavy atom. The van der Waals surface area contributed by atoms with Gasteiger partial charge in [-0.2, -0.15) is 0 Å². The van der Waals surface area contributed by atoms with E-state index < -0.39 is 105 Å². The first kappa shape index (κ1) is 29.2. The van der Waals surface area contributed by atoms with Crippen molar-refractivity contribution in [1.29, 1.82) is 0 Å². The third-order valence-corrected chi connectivity index (χ3v) is 5.78. The molecule has 1 amide bonds. The molecule has 13 atom stereocenters. The van der Waals surface area contributed by atoms with E-state index >= 15 is 0 Å². The van der Waals surface area contributed by atoms with E-state index in [-0.39, 0.29) is 0 Å². The van der Waals surface area contributed by atoms with Crippen molar-refractivity contribution in [2.45, 2.75) is 93.5 Å². The smallest absolute Gasteiger partial charge is 0.217 e. The van der Waals surface area contributed by atoms with Crippen molar-refractivity contribution in [1.82, 2.24) is 5.32 Å². The van der Waals surface area contributed by atoms with Crippen LogP contribution in [0, 0.1) is 0 Å². The molecule has 0 radical (unpaired) electrons. The van der Waals surface area contributed by atoms with Gasteiger partial charge in [0.2, 0.25) is 5.91 Å². The average Bonchev–Trinajstić information content (AvgIpc) is 2.81. The molecule has 2 rings (SSSR count). The highest BCUT2D eigenvalue weighted by molar-refractivity contribution is 5.73. The number of amides is 1. The molecule has 0 bridgehead atoms. The zero-order valence-electron chi connectivity index (χ0n) is 18.7. The lowest BCUT2D eigenvalue weighted by atomic mass is 9.96. The van der Waals surface area contributed by atoms with Gasteiger partial charge < -0.3 is 70.2 Å². The zero-order chi connectivity index (χ0) is 25.7. The van der Waals surface area contributed by atoms with Gasteiger partial charge in [0, 0.05) is 6.92 Å². The fraction of sp³-hybridized carbons (Fsp3) is 0.947. The molecule has 2 saturated heterocycles. The molecule has 2 heterocycles. The van der Waals surface area contributed by atoms with Gasteiger partial charge >= 0.3 is 0 Å². The predicted octanol–water partition coefficient (Wildman–Crippen LogP) is -6.13. The van der Waals surface area contributed by atoms with E-state index in [1.54, 1.807) is 0 Å². The van der Waals surface area contributed by atoms with Crippen LogP contribution in [0.4, 0.5) is 0 Å². The highest BCUT2D eigenvalue weighted by atomic mass is 16.8. The number of carbonyl (C=O) groups excluding carboxylic acids is 1. The molecule has 0 aliphatic carbocycles. The van der Waals surface area contributed by atoms with Gasteiger partial charge in [0.25, 0.3) is 0 Å². The third kappa shape index (κ3) is 6.58. The minimum Gasteiger partial charge on any atom is -0.394 e. The van der Waals surface area contributed by atoms with Crippen molar-refractivity contribution in [3.63, 3.8) is 0 Å². The molecule has 15 heteroatoms. The number of hydrogen-bond donors (Lipinski definition) is 10. The molecular weight excluding hydrogens is 466 g/mol. The van der Waals surface area contributed by atoms with E-state index in [1.165, 1.54) is 6.92 Å². The minimum atomic E-state index is -1.77. The van der Waals surface area contributed by atoms with E-state index in [0.29, 0.717) is 0 Å². The predicted molar refractivity (Wildman–Crippen MR) is 108 cm³/mol. The summed E-state index contributed by atoms with van der Waals surface area (Å²) in [5.41, 5.74) is 0. The Morgan fingerprint density at radius 3 is 2.12 bits per heavy atom. The zero-order valence-corrected chi connectivity index (χ0v) is 18.7. The van der Waals surface area contributed by atoms with Crippen molar-refractivity contribution in [3.8, 4) is 0 Å². The lowest BCUT2D eigenvalue weighted by molar-refractivity contribution is -0.361. The van der Waals surface area contributed by atoms with Crippen molar-refractivity contribution >= 4 is 5.91 Å². The molecule has 2 aliphatic heterocycles. The van der Waals surface area contributed by atoms with E-state index in [2.05, 4.69) is 5.32 Å². The van der Waals surface area contributed by atoms with Gasteiger partial charge in [-0.25, -0.2) is 0 Å². The summed E-state index contributed by atoms with van der Waals surface area (Å²) in [4.78, 5) is 11.6. The van der Waals surface area contributed by atoms with E-state index in [0.717, 1.165) is 6.92 Å². The quantitative estimate of drug-likeness (QED) is 0.134. The van der Waals surface area contributed by atoms with Crippen molar-refractivity contribution < 1.29 is 69.7 Å². The van der Waals surface area contributed by atoms with Gasteiger partial charge in [0.05, 0.1) is 25.9 Å². The molecule has 10 N–H and O–H groups in total. The molecule has 0 aromatic rings. The lowest BCUT2D eigenvalue weighted by Gasteiger charge is -2.47. The highest BCUT2D eigenvalue weighted by Gasteiger charge is 2.51. The molecule has 0 saturated carbocycles. The number of carbonyl (C=O) groups is 1. The summed E-state index contributed by atoms with van der Waals surface area (Å²) in [5, 5.41) is 91.7. The fourth-order valence-corrected chi connectivity index (χ4v) is 3.76. The van der Waals surface area contributed by atoms with Crippen LogP contribution in [-0.2, 0) is 23.7 Å². The Hall–Kier alpha value is -1.05. The number of aliphatic hydroxyl groups is 9. The summed E-state index contributed by atoms with van der Waals surface area (Å²) in [6.45, 7) is 0.105. The SMILES string of the molecule is CC(=O)N[C@H]1[C@H](O[C@H]2[C@H](O[C@H](CO)[C@H](O)[C@H](O)CO)O[C@@H](C)[C@H](O)[C@H]2O)O[C@H](CO)[C@@H](O)[C@@H]1O. The molecular formula is C19H35NO14. The molecule has 200 valence electrons. The number of nitrogens with one attached hydrogen (secondary N) is 1. The Kier molecular flexibility index (Phi) is 11.0. The number of ether oxygens (including phenoxy) is 4. The van der Waals surface area contributed by atoms with Crippen LogP contribution in [0.15, 0.2) is 0 Å². The molecule has 0 spiro atoms. The van der Waals surface area contributed by atoms with Gasteiger partial charge in [-0.05, 0) is 6.92 Å². The summed E-state index contributed by atoms with van der Waals surface area (Å²) in [6, 6.07) is -1.38. The Balaban J connectivity index is 2.31. The summed E-state index contributed by atoms with van der Waals surface area (Å²) in [7, 11) is 0. The topological polar surface area (TPSA) is 248 Å². The van der Waals surface area contributed by atoms with Crippen LogP contribution in [-0.4, -0.2) is 151 Å². The Bertz CT molecular complexity index is 642. The summed E-state index contributed by atoms with van der Waals surface area (Å²) in [6.07, 6.45) is -18.6. The Labute approximate surface area is 195 Å². The van der Waals surface area contributed by atoms with Crippen LogP contribution < -0.4 is 5.32 Å². The summed E-state index contributed by atoms with van der Waals surface area (Å²) >= 11 is 0. The van der Waals surface area contributed by atoms with Crippen LogP contribution in [0.25, 0.3) is 0 Å². The van der Waals surface area contributed by atoms with E-state index in [1.807, 2.05) is 0 Å². The number of rotatable bonds is 10. The number of hydrogen-bond acceptors (Lipinski definition) is 14. The summed E-state index contributed by atoms with van der Waals surface area (Å²) < 4.78 is 22.2. The van der Waals surface area contributed by atoms with E-state index in [9.17, 15) is 45.6 Å². The van der Waals surface area contributed by atoms with Gasteiger partial charge in [-0.15, -0.1) is 0 Å². The molecule has 2 aliphatic rings. The van der Waals surface area contributed by atoms with Gasteiger partial charge in [-0.3, -0.25) is 4.79 Å². The standard InChI is InChI=1S/C19H35NO14/c1-6-12(26)16(30)17(19(31-6)33-9(4-22)13(27)8(25)3-21)34-18-11(20-7(2)24)15(29)14(28)10(5-23)32-18/h6,8-19,21-23,25-30H,3-5H2,1-2H3,(H,20,24)/t6-,8+,9+,10+,11+,12-,13+,14+,15+,16+,17+,18-,19-/m0/s1. The summed E-state index contributed by atoms with van der Waals surface area (Å²) in [5.74, 6) is -0.626. The molecule has 0 unspecified atom stereocenters. The fourth-order valence-electron chi connectivity index (χ4n) is 3.76. The molecule has 0 aromatic heterocycles. The first-order valence-electron chi connectivity index (χ1n) is 10.8.